The third-order valence-electron chi connectivity index (χ3n) is 4.93. The first-order valence-corrected chi connectivity index (χ1v) is 9.58. The molecule has 5 heteroatoms. The van der Waals surface area contributed by atoms with Gasteiger partial charge in [0, 0.05) is 12.1 Å². The van der Waals surface area contributed by atoms with Crippen LogP contribution in [0.1, 0.15) is 31.2 Å². The molecule has 0 spiro atoms. The van der Waals surface area contributed by atoms with Crippen molar-refractivity contribution in [3.63, 3.8) is 0 Å². The first-order valence-electron chi connectivity index (χ1n) is 9.58. The van der Waals surface area contributed by atoms with Crippen molar-refractivity contribution in [3.05, 3.63) is 66.1 Å². The van der Waals surface area contributed by atoms with E-state index in [0.29, 0.717) is 18.3 Å². The number of benzene rings is 2. The summed E-state index contributed by atoms with van der Waals surface area (Å²) in [5.74, 6) is 2.88. The zero-order chi connectivity index (χ0) is 18.5. The van der Waals surface area contributed by atoms with Crippen molar-refractivity contribution >= 4 is 0 Å². The summed E-state index contributed by atoms with van der Waals surface area (Å²) >= 11 is 0. The molecule has 0 saturated carbocycles. The number of rotatable bonds is 6. The number of aromatic nitrogens is 2. The monoisotopic (exact) mass is 363 g/mol. The summed E-state index contributed by atoms with van der Waals surface area (Å²) in [6, 6.07) is 18.0. The summed E-state index contributed by atoms with van der Waals surface area (Å²) < 4.78 is 11.3. The van der Waals surface area contributed by atoms with Gasteiger partial charge in [-0.25, -0.2) is 0 Å². The number of ether oxygens (including phenoxy) is 1. The van der Waals surface area contributed by atoms with Crippen LogP contribution in [0.2, 0.25) is 0 Å². The van der Waals surface area contributed by atoms with Crippen LogP contribution in [0.25, 0.3) is 11.4 Å². The van der Waals surface area contributed by atoms with Crippen LogP contribution in [0.15, 0.2) is 59.1 Å². The molecule has 2 heterocycles. The number of likely N-dealkylation sites (tertiary alicyclic amines) is 1. The molecule has 0 aliphatic carbocycles. The van der Waals surface area contributed by atoms with Gasteiger partial charge in [-0.05, 0) is 55.1 Å². The minimum Gasteiger partial charge on any atom is -0.489 e. The van der Waals surface area contributed by atoms with Gasteiger partial charge in [0.25, 0.3) is 0 Å². The van der Waals surface area contributed by atoms with Crippen LogP contribution in [0.3, 0.4) is 0 Å². The molecule has 1 aliphatic rings. The molecule has 1 aromatic heterocycles. The van der Waals surface area contributed by atoms with Gasteiger partial charge in [0.2, 0.25) is 11.7 Å². The minimum absolute atomic E-state index is 0.556. The van der Waals surface area contributed by atoms with E-state index in [1.165, 1.54) is 12.8 Å². The fraction of sp³-hybridized carbons (Fsp3) is 0.364. The van der Waals surface area contributed by atoms with E-state index in [2.05, 4.69) is 34.1 Å². The molecule has 2 aromatic carbocycles. The lowest BCUT2D eigenvalue weighted by Crippen LogP contribution is -2.33. The van der Waals surface area contributed by atoms with Gasteiger partial charge in [0.15, 0.2) is 0 Å². The average Bonchev–Trinajstić information content (AvgIpc) is 3.16. The van der Waals surface area contributed by atoms with Gasteiger partial charge < -0.3 is 9.26 Å². The van der Waals surface area contributed by atoms with E-state index in [4.69, 9.17) is 9.26 Å². The largest absolute Gasteiger partial charge is 0.489 e. The van der Waals surface area contributed by atoms with Crippen LogP contribution in [-0.4, -0.2) is 28.1 Å². The Labute approximate surface area is 160 Å². The molecule has 0 N–H and O–H groups in total. The summed E-state index contributed by atoms with van der Waals surface area (Å²) in [5.41, 5.74) is 2.08. The maximum atomic E-state index is 5.83. The van der Waals surface area contributed by atoms with Gasteiger partial charge in [-0.2, -0.15) is 4.98 Å². The third-order valence-corrected chi connectivity index (χ3v) is 4.93. The molecular formula is C22H25N3O2. The third kappa shape index (κ3) is 4.74. The molecule has 0 bridgehead atoms. The summed E-state index contributed by atoms with van der Waals surface area (Å²) in [7, 11) is 0. The quantitative estimate of drug-likeness (QED) is 0.643. The number of hydrogen-bond donors (Lipinski definition) is 0. The number of hydrogen-bond acceptors (Lipinski definition) is 5. The second-order valence-corrected chi connectivity index (χ2v) is 7.29. The average molecular weight is 363 g/mol. The van der Waals surface area contributed by atoms with E-state index in [0.717, 1.165) is 42.4 Å². The highest BCUT2D eigenvalue weighted by molar-refractivity contribution is 5.55. The van der Waals surface area contributed by atoms with Crippen molar-refractivity contribution in [2.45, 2.75) is 32.9 Å². The Morgan fingerprint density at radius 3 is 2.70 bits per heavy atom. The minimum atomic E-state index is 0.556. The lowest BCUT2D eigenvalue weighted by molar-refractivity contribution is 0.157. The molecular weight excluding hydrogens is 338 g/mol. The Balaban J connectivity index is 1.35. The van der Waals surface area contributed by atoms with Gasteiger partial charge in [0.05, 0.1) is 6.54 Å². The van der Waals surface area contributed by atoms with E-state index in [1.54, 1.807) is 0 Å². The molecule has 1 aliphatic heterocycles. The highest BCUT2D eigenvalue weighted by atomic mass is 16.5. The molecule has 0 amide bonds. The highest BCUT2D eigenvalue weighted by Gasteiger charge is 2.19. The van der Waals surface area contributed by atoms with E-state index in [1.807, 2.05) is 42.5 Å². The zero-order valence-electron chi connectivity index (χ0n) is 15.7. The summed E-state index contributed by atoms with van der Waals surface area (Å²) in [6.07, 6.45) is 2.55. The number of nitrogens with zero attached hydrogens (tertiary/aromatic N) is 3. The van der Waals surface area contributed by atoms with Gasteiger partial charge in [0.1, 0.15) is 12.4 Å². The van der Waals surface area contributed by atoms with Crippen LogP contribution in [0.4, 0.5) is 0 Å². The summed E-state index contributed by atoms with van der Waals surface area (Å²) in [5, 5.41) is 4.14. The second-order valence-electron chi connectivity index (χ2n) is 7.29. The number of piperidine rings is 1. The summed E-state index contributed by atoms with van der Waals surface area (Å²) in [6.45, 7) is 5.80. The molecule has 27 heavy (non-hydrogen) atoms. The first-order chi connectivity index (χ1) is 13.3. The molecule has 5 nitrogen and oxygen atoms in total. The second kappa shape index (κ2) is 8.35. The van der Waals surface area contributed by atoms with Crippen molar-refractivity contribution in [2.24, 2.45) is 5.92 Å². The molecule has 0 radical (unpaired) electrons. The van der Waals surface area contributed by atoms with Crippen molar-refractivity contribution < 1.29 is 9.26 Å². The predicted octanol–water partition coefficient (Wildman–Crippen LogP) is 4.55. The van der Waals surface area contributed by atoms with Gasteiger partial charge in [-0.15, -0.1) is 0 Å². The normalized spacial score (nSPS) is 17.7. The van der Waals surface area contributed by atoms with Crippen molar-refractivity contribution in [3.8, 4) is 17.1 Å². The van der Waals surface area contributed by atoms with E-state index >= 15 is 0 Å². The lowest BCUT2D eigenvalue weighted by atomic mass is 10.0. The molecule has 1 atom stereocenters. The van der Waals surface area contributed by atoms with E-state index < -0.39 is 0 Å². The SMILES string of the molecule is C[C@@H]1CCCN(Cc2nc(-c3ccc(OCc4ccccc4)cc3)no2)C1. The molecule has 3 aromatic rings. The first kappa shape index (κ1) is 17.7. The maximum absolute atomic E-state index is 5.83. The molecule has 4 rings (SSSR count). The molecule has 1 saturated heterocycles. The van der Waals surface area contributed by atoms with Crippen LogP contribution >= 0.6 is 0 Å². The van der Waals surface area contributed by atoms with Crippen LogP contribution < -0.4 is 4.74 Å². The van der Waals surface area contributed by atoms with Gasteiger partial charge in [-0.3, -0.25) is 4.90 Å². The zero-order valence-corrected chi connectivity index (χ0v) is 15.7. The molecule has 1 fully saturated rings. The van der Waals surface area contributed by atoms with Crippen molar-refractivity contribution in [2.75, 3.05) is 13.1 Å². The predicted molar refractivity (Wildman–Crippen MR) is 104 cm³/mol. The van der Waals surface area contributed by atoms with Crippen molar-refractivity contribution in [1.82, 2.24) is 15.0 Å². The van der Waals surface area contributed by atoms with Crippen LogP contribution in [0, 0.1) is 5.92 Å². The fourth-order valence-electron chi connectivity index (χ4n) is 3.50. The smallest absolute Gasteiger partial charge is 0.241 e. The summed E-state index contributed by atoms with van der Waals surface area (Å²) in [4.78, 5) is 6.96. The van der Waals surface area contributed by atoms with Gasteiger partial charge >= 0.3 is 0 Å². The highest BCUT2D eigenvalue weighted by Crippen LogP contribution is 2.22. The Morgan fingerprint density at radius 1 is 1.11 bits per heavy atom. The Morgan fingerprint density at radius 2 is 1.93 bits per heavy atom. The Bertz CT molecular complexity index is 846. The van der Waals surface area contributed by atoms with E-state index in [9.17, 15) is 0 Å². The van der Waals surface area contributed by atoms with Crippen LogP contribution in [0.5, 0.6) is 5.75 Å². The van der Waals surface area contributed by atoms with Gasteiger partial charge in [-0.1, -0.05) is 42.4 Å². The van der Waals surface area contributed by atoms with Crippen LogP contribution in [-0.2, 0) is 13.2 Å². The molecule has 140 valence electrons. The molecule has 0 unspecified atom stereocenters. The standard InChI is InChI=1S/C22H25N3O2/c1-17-6-5-13-25(14-17)15-21-23-22(24-27-21)19-9-11-20(12-10-19)26-16-18-7-3-2-4-8-18/h2-4,7-12,17H,5-6,13-16H2,1H3/t17-/m1/s1. The van der Waals surface area contributed by atoms with Crippen molar-refractivity contribution in [1.29, 1.82) is 0 Å². The van der Waals surface area contributed by atoms with E-state index in [-0.39, 0.29) is 0 Å². The fourth-order valence-corrected chi connectivity index (χ4v) is 3.50. The lowest BCUT2D eigenvalue weighted by Gasteiger charge is -2.29. The Kier molecular flexibility index (Phi) is 5.49. The Hall–Kier alpha value is -2.66. The maximum Gasteiger partial charge on any atom is 0.241 e. The topological polar surface area (TPSA) is 51.4 Å².